The van der Waals surface area contributed by atoms with Crippen LogP contribution in [0, 0.1) is 0 Å². The highest BCUT2D eigenvalue weighted by Crippen LogP contribution is 2.12. The van der Waals surface area contributed by atoms with Gasteiger partial charge in [-0.05, 0) is 25.1 Å². The van der Waals surface area contributed by atoms with E-state index in [4.69, 9.17) is 16.3 Å². The van der Waals surface area contributed by atoms with Crippen LogP contribution in [0.15, 0.2) is 24.3 Å². The van der Waals surface area contributed by atoms with E-state index in [9.17, 15) is 4.79 Å². The lowest BCUT2D eigenvalue weighted by Gasteiger charge is -2.07. The Morgan fingerprint density at radius 1 is 1.60 bits per heavy atom. The monoisotopic (exact) mass is 227 g/mol. The van der Waals surface area contributed by atoms with E-state index in [-0.39, 0.29) is 11.3 Å². The van der Waals surface area contributed by atoms with Gasteiger partial charge in [0.05, 0.1) is 7.11 Å². The molecule has 0 bridgehead atoms. The van der Waals surface area contributed by atoms with Crippen LogP contribution in [0.5, 0.6) is 5.75 Å². The van der Waals surface area contributed by atoms with Gasteiger partial charge in [-0.15, -0.1) is 11.6 Å². The van der Waals surface area contributed by atoms with Gasteiger partial charge in [-0.25, -0.2) is 0 Å². The number of methoxy groups -OCH3 is 1. The summed E-state index contributed by atoms with van der Waals surface area (Å²) in [4.78, 5) is 11.6. The molecule has 1 unspecified atom stereocenters. The Morgan fingerprint density at radius 2 is 2.33 bits per heavy atom. The van der Waals surface area contributed by atoms with Gasteiger partial charge in [-0.3, -0.25) is 4.79 Å². The summed E-state index contributed by atoms with van der Waals surface area (Å²) in [6.45, 7) is 2.28. The molecule has 0 spiro atoms. The van der Waals surface area contributed by atoms with Crippen molar-refractivity contribution in [1.82, 2.24) is 5.32 Å². The van der Waals surface area contributed by atoms with E-state index in [1.165, 1.54) is 0 Å². The SMILES string of the molecule is COc1cccc(C(=O)NCC(C)Cl)c1. The molecule has 0 fully saturated rings. The largest absolute Gasteiger partial charge is 0.497 e. The molecule has 1 amide bonds. The molecule has 0 aromatic heterocycles. The molecule has 1 aromatic carbocycles. The Balaban J connectivity index is 2.65. The maximum atomic E-state index is 11.6. The molecule has 1 atom stereocenters. The smallest absolute Gasteiger partial charge is 0.251 e. The highest BCUT2D eigenvalue weighted by atomic mass is 35.5. The minimum Gasteiger partial charge on any atom is -0.497 e. The van der Waals surface area contributed by atoms with Gasteiger partial charge < -0.3 is 10.1 Å². The lowest BCUT2D eigenvalue weighted by molar-refractivity contribution is 0.0953. The molecular formula is C11H14ClNO2. The predicted molar refractivity (Wildman–Crippen MR) is 60.6 cm³/mol. The summed E-state index contributed by atoms with van der Waals surface area (Å²) in [5.74, 6) is 0.531. The molecule has 1 aromatic rings. The summed E-state index contributed by atoms with van der Waals surface area (Å²) in [5.41, 5.74) is 0.576. The topological polar surface area (TPSA) is 38.3 Å². The molecule has 0 heterocycles. The van der Waals surface area contributed by atoms with Gasteiger partial charge in [-0.1, -0.05) is 6.07 Å². The fourth-order valence-corrected chi connectivity index (χ4v) is 1.18. The van der Waals surface area contributed by atoms with Crippen LogP contribution in [0.2, 0.25) is 0 Å². The van der Waals surface area contributed by atoms with Crippen LogP contribution in [0.25, 0.3) is 0 Å². The molecule has 0 aliphatic heterocycles. The molecule has 82 valence electrons. The second kappa shape index (κ2) is 5.61. The van der Waals surface area contributed by atoms with Crippen LogP contribution < -0.4 is 10.1 Å². The molecule has 0 radical (unpaired) electrons. The lowest BCUT2D eigenvalue weighted by atomic mass is 10.2. The maximum absolute atomic E-state index is 11.6. The molecular weight excluding hydrogens is 214 g/mol. The van der Waals surface area contributed by atoms with Crippen molar-refractivity contribution < 1.29 is 9.53 Å². The number of hydrogen-bond donors (Lipinski definition) is 1. The summed E-state index contributed by atoms with van der Waals surface area (Å²) in [7, 11) is 1.57. The van der Waals surface area contributed by atoms with Crippen molar-refractivity contribution in [2.24, 2.45) is 0 Å². The first-order valence-corrected chi connectivity index (χ1v) is 5.13. The van der Waals surface area contributed by atoms with Crippen molar-refractivity contribution in [1.29, 1.82) is 0 Å². The van der Waals surface area contributed by atoms with Crippen LogP contribution >= 0.6 is 11.6 Å². The summed E-state index contributed by atoms with van der Waals surface area (Å²) in [6.07, 6.45) is 0. The normalized spacial score (nSPS) is 11.9. The summed E-state index contributed by atoms with van der Waals surface area (Å²) in [6, 6.07) is 6.99. The Bertz CT molecular complexity index is 339. The number of benzene rings is 1. The molecule has 1 rings (SSSR count). The number of carbonyl (C=O) groups excluding carboxylic acids is 1. The van der Waals surface area contributed by atoms with E-state index in [0.29, 0.717) is 17.9 Å². The highest BCUT2D eigenvalue weighted by Gasteiger charge is 2.06. The Hall–Kier alpha value is -1.22. The second-order valence-electron chi connectivity index (χ2n) is 3.22. The Kier molecular flexibility index (Phi) is 4.43. The summed E-state index contributed by atoms with van der Waals surface area (Å²) < 4.78 is 5.02. The van der Waals surface area contributed by atoms with E-state index in [1.54, 1.807) is 31.4 Å². The first kappa shape index (κ1) is 11.9. The Labute approximate surface area is 94.4 Å². The molecule has 0 aliphatic rings. The van der Waals surface area contributed by atoms with Gasteiger partial charge in [0, 0.05) is 17.5 Å². The predicted octanol–water partition coefficient (Wildman–Crippen LogP) is 2.05. The van der Waals surface area contributed by atoms with E-state index in [1.807, 2.05) is 6.92 Å². The average molecular weight is 228 g/mol. The first-order chi connectivity index (χ1) is 7.13. The Morgan fingerprint density at radius 3 is 2.93 bits per heavy atom. The number of carbonyl (C=O) groups is 1. The molecule has 0 saturated carbocycles. The van der Waals surface area contributed by atoms with Gasteiger partial charge >= 0.3 is 0 Å². The number of alkyl halides is 1. The number of halogens is 1. The zero-order chi connectivity index (χ0) is 11.3. The zero-order valence-corrected chi connectivity index (χ0v) is 9.54. The quantitative estimate of drug-likeness (QED) is 0.800. The van der Waals surface area contributed by atoms with Gasteiger partial charge in [0.1, 0.15) is 5.75 Å². The van der Waals surface area contributed by atoms with E-state index in [2.05, 4.69) is 5.32 Å². The van der Waals surface area contributed by atoms with Crippen LogP contribution in [0.1, 0.15) is 17.3 Å². The summed E-state index contributed by atoms with van der Waals surface area (Å²) >= 11 is 5.73. The third kappa shape index (κ3) is 3.80. The molecule has 1 N–H and O–H groups in total. The van der Waals surface area contributed by atoms with E-state index in [0.717, 1.165) is 0 Å². The van der Waals surface area contributed by atoms with Gasteiger partial charge in [-0.2, -0.15) is 0 Å². The minimum atomic E-state index is -0.138. The van der Waals surface area contributed by atoms with Crippen LogP contribution in [0.4, 0.5) is 0 Å². The van der Waals surface area contributed by atoms with Crippen LogP contribution in [0.3, 0.4) is 0 Å². The van der Waals surface area contributed by atoms with Crippen molar-refractivity contribution in [2.45, 2.75) is 12.3 Å². The fourth-order valence-electron chi connectivity index (χ4n) is 1.10. The standard InChI is InChI=1S/C11H14ClNO2/c1-8(12)7-13-11(14)9-4-3-5-10(6-9)15-2/h3-6,8H,7H2,1-2H3,(H,13,14). The third-order valence-corrected chi connectivity index (χ3v) is 2.03. The van der Waals surface area contributed by atoms with Crippen molar-refractivity contribution in [2.75, 3.05) is 13.7 Å². The van der Waals surface area contributed by atoms with Crippen molar-refractivity contribution >= 4 is 17.5 Å². The fraction of sp³-hybridized carbons (Fsp3) is 0.364. The van der Waals surface area contributed by atoms with E-state index >= 15 is 0 Å². The summed E-state index contributed by atoms with van der Waals surface area (Å²) in [5, 5.41) is 2.65. The average Bonchev–Trinajstić information content (AvgIpc) is 2.26. The lowest BCUT2D eigenvalue weighted by Crippen LogP contribution is -2.28. The van der Waals surface area contributed by atoms with E-state index < -0.39 is 0 Å². The van der Waals surface area contributed by atoms with Gasteiger partial charge in [0.15, 0.2) is 0 Å². The molecule has 0 aliphatic carbocycles. The number of ether oxygens (including phenoxy) is 1. The minimum absolute atomic E-state index is 0.0699. The maximum Gasteiger partial charge on any atom is 0.251 e. The number of hydrogen-bond acceptors (Lipinski definition) is 2. The van der Waals surface area contributed by atoms with Gasteiger partial charge in [0.2, 0.25) is 0 Å². The molecule has 0 saturated heterocycles. The third-order valence-electron chi connectivity index (χ3n) is 1.88. The number of nitrogens with one attached hydrogen (secondary N) is 1. The second-order valence-corrected chi connectivity index (χ2v) is 3.97. The van der Waals surface area contributed by atoms with Crippen molar-refractivity contribution in [3.8, 4) is 5.75 Å². The van der Waals surface area contributed by atoms with Crippen LogP contribution in [-0.2, 0) is 0 Å². The molecule has 3 nitrogen and oxygen atoms in total. The highest BCUT2D eigenvalue weighted by molar-refractivity contribution is 6.20. The van der Waals surface area contributed by atoms with Crippen LogP contribution in [-0.4, -0.2) is 24.9 Å². The zero-order valence-electron chi connectivity index (χ0n) is 8.79. The first-order valence-electron chi connectivity index (χ1n) is 4.70. The molecule has 15 heavy (non-hydrogen) atoms. The number of rotatable bonds is 4. The van der Waals surface area contributed by atoms with Crippen molar-refractivity contribution in [3.63, 3.8) is 0 Å². The van der Waals surface area contributed by atoms with Crippen molar-refractivity contribution in [3.05, 3.63) is 29.8 Å². The number of amides is 1. The molecule has 4 heteroatoms. The van der Waals surface area contributed by atoms with Gasteiger partial charge in [0.25, 0.3) is 5.91 Å².